The molecule has 82 valence electrons. The molecule has 1 aromatic carbocycles. The maximum Gasteiger partial charge on any atom is 0.0471 e. The third kappa shape index (κ3) is 2.01. The van der Waals surface area contributed by atoms with Gasteiger partial charge in [-0.2, -0.15) is 0 Å². The molecule has 0 aromatic heterocycles. The van der Waals surface area contributed by atoms with E-state index < -0.39 is 0 Å². The van der Waals surface area contributed by atoms with E-state index in [4.69, 9.17) is 28.9 Å². The van der Waals surface area contributed by atoms with Gasteiger partial charge in [0.15, 0.2) is 0 Å². The summed E-state index contributed by atoms with van der Waals surface area (Å²) < 4.78 is 0. The molecule has 0 heterocycles. The van der Waals surface area contributed by atoms with Crippen molar-refractivity contribution in [2.45, 2.75) is 32.2 Å². The fourth-order valence-corrected chi connectivity index (χ4v) is 3.34. The SMILES string of the molecule is CC1(C)CC(N)(c2ccc(Cl)cc2Cl)C1. The summed E-state index contributed by atoms with van der Waals surface area (Å²) in [6.45, 7) is 4.45. The van der Waals surface area contributed by atoms with Crippen molar-refractivity contribution in [2.24, 2.45) is 11.1 Å². The predicted molar refractivity (Wildman–Crippen MR) is 65.3 cm³/mol. The molecule has 1 nitrogen and oxygen atoms in total. The highest BCUT2D eigenvalue weighted by atomic mass is 35.5. The molecule has 15 heavy (non-hydrogen) atoms. The quantitative estimate of drug-likeness (QED) is 0.794. The van der Waals surface area contributed by atoms with Crippen LogP contribution in [0.25, 0.3) is 0 Å². The van der Waals surface area contributed by atoms with Crippen LogP contribution >= 0.6 is 23.2 Å². The molecule has 0 spiro atoms. The largest absolute Gasteiger partial charge is 0.321 e. The molecule has 0 atom stereocenters. The standard InChI is InChI=1S/C12H15Cl2N/c1-11(2)6-12(15,7-11)9-4-3-8(13)5-10(9)14/h3-5H,6-7,15H2,1-2H3. The zero-order valence-electron chi connectivity index (χ0n) is 8.98. The maximum absolute atomic E-state index is 6.32. The summed E-state index contributed by atoms with van der Waals surface area (Å²) in [5.41, 5.74) is 7.42. The minimum Gasteiger partial charge on any atom is -0.321 e. The summed E-state index contributed by atoms with van der Waals surface area (Å²) in [6.07, 6.45) is 1.95. The van der Waals surface area contributed by atoms with Gasteiger partial charge in [0, 0.05) is 15.6 Å². The summed E-state index contributed by atoms with van der Waals surface area (Å²) in [4.78, 5) is 0. The fraction of sp³-hybridized carbons (Fsp3) is 0.500. The van der Waals surface area contributed by atoms with E-state index in [9.17, 15) is 0 Å². The van der Waals surface area contributed by atoms with E-state index in [1.54, 1.807) is 6.07 Å². The van der Waals surface area contributed by atoms with Crippen LogP contribution in [0.15, 0.2) is 18.2 Å². The van der Waals surface area contributed by atoms with Crippen molar-refractivity contribution in [3.05, 3.63) is 33.8 Å². The molecule has 0 amide bonds. The molecule has 0 radical (unpaired) electrons. The lowest BCUT2D eigenvalue weighted by atomic mass is 9.57. The Kier molecular flexibility index (Phi) is 2.53. The zero-order chi connectivity index (χ0) is 11.3. The lowest BCUT2D eigenvalue weighted by Gasteiger charge is -2.51. The lowest BCUT2D eigenvalue weighted by molar-refractivity contribution is 0.0619. The van der Waals surface area contributed by atoms with Gasteiger partial charge in [-0.3, -0.25) is 0 Å². The summed E-state index contributed by atoms with van der Waals surface area (Å²) in [6, 6.07) is 5.56. The van der Waals surface area contributed by atoms with E-state index in [1.807, 2.05) is 12.1 Å². The molecule has 1 aliphatic rings. The van der Waals surface area contributed by atoms with Crippen LogP contribution in [0.3, 0.4) is 0 Å². The minimum atomic E-state index is -0.259. The number of hydrogen-bond donors (Lipinski definition) is 1. The average Bonchev–Trinajstić information content (AvgIpc) is 1.98. The van der Waals surface area contributed by atoms with Crippen molar-refractivity contribution in [2.75, 3.05) is 0 Å². The van der Waals surface area contributed by atoms with E-state index in [-0.39, 0.29) is 5.54 Å². The van der Waals surface area contributed by atoms with Crippen LogP contribution in [0.4, 0.5) is 0 Å². The van der Waals surface area contributed by atoms with Crippen LogP contribution in [-0.4, -0.2) is 0 Å². The minimum absolute atomic E-state index is 0.259. The van der Waals surface area contributed by atoms with Gasteiger partial charge in [-0.1, -0.05) is 43.1 Å². The van der Waals surface area contributed by atoms with Gasteiger partial charge < -0.3 is 5.73 Å². The number of halogens is 2. The van der Waals surface area contributed by atoms with Crippen molar-refractivity contribution in [3.8, 4) is 0 Å². The van der Waals surface area contributed by atoms with Crippen LogP contribution in [0.1, 0.15) is 32.3 Å². The topological polar surface area (TPSA) is 26.0 Å². The monoisotopic (exact) mass is 243 g/mol. The molecule has 2 rings (SSSR count). The number of hydrogen-bond acceptors (Lipinski definition) is 1. The van der Waals surface area contributed by atoms with Crippen molar-refractivity contribution < 1.29 is 0 Å². The predicted octanol–water partition coefficient (Wildman–Crippen LogP) is 3.97. The molecule has 0 saturated heterocycles. The van der Waals surface area contributed by atoms with Crippen LogP contribution < -0.4 is 5.73 Å². The first-order chi connectivity index (χ1) is 6.82. The van der Waals surface area contributed by atoms with E-state index in [1.165, 1.54) is 0 Å². The van der Waals surface area contributed by atoms with Crippen molar-refractivity contribution >= 4 is 23.2 Å². The summed E-state index contributed by atoms with van der Waals surface area (Å²) in [7, 11) is 0. The van der Waals surface area contributed by atoms with E-state index in [2.05, 4.69) is 13.8 Å². The lowest BCUT2D eigenvalue weighted by Crippen LogP contribution is -2.53. The maximum atomic E-state index is 6.32. The average molecular weight is 244 g/mol. The van der Waals surface area contributed by atoms with Crippen molar-refractivity contribution in [3.63, 3.8) is 0 Å². The van der Waals surface area contributed by atoms with Gasteiger partial charge in [-0.25, -0.2) is 0 Å². The van der Waals surface area contributed by atoms with E-state index in [0.29, 0.717) is 15.5 Å². The van der Waals surface area contributed by atoms with E-state index in [0.717, 1.165) is 18.4 Å². The van der Waals surface area contributed by atoms with Crippen molar-refractivity contribution in [1.82, 2.24) is 0 Å². The molecule has 1 saturated carbocycles. The Morgan fingerprint density at radius 2 is 1.80 bits per heavy atom. The third-order valence-corrected chi connectivity index (χ3v) is 3.60. The van der Waals surface area contributed by atoms with Gasteiger partial charge in [0.25, 0.3) is 0 Å². The van der Waals surface area contributed by atoms with Crippen LogP contribution in [-0.2, 0) is 5.54 Å². The second-order valence-corrected chi connectivity index (χ2v) is 6.14. The molecule has 0 bridgehead atoms. The van der Waals surface area contributed by atoms with Crippen LogP contribution in [0.2, 0.25) is 10.0 Å². The molecule has 2 N–H and O–H groups in total. The summed E-state index contributed by atoms with van der Waals surface area (Å²) in [5.74, 6) is 0. The summed E-state index contributed by atoms with van der Waals surface area (Å²) >= 11 is 12.0. The first-order valence-electron chi connectivity index (χ1n) is 5.07. The fourth-order valence-electron chi connectivity index (χ4n) is 2.74. The van der Waals surface area contributed by atoms with Gasteiger partial charge in [-0.05, 0) is 36.0 Å². The molecular weight excluding hydrogens is 229 g/mol. The molecule has 1 aliphatic carbocycles. The highest BCUT2D eigenvalue weighted by molar-refractivity contribution is 6.35. The van der Waals surface area contributed by atoms with Gasteiger partial charge in [0.2, 0.25) is 0 Å². The Hall–Kier alpha value is -0.240. The third-order valence-electron chi connectivity index (χ3n) is 3.06. The highest BCUT2D eigenvalue weighted by Crippen LogP contribution is 2.53. The van der Waals surface area contributed by atoms with Crippen molar-refractivity contribution in [1.29, 1.82) is 0 Å². The van der Waals surface area contributed by atoms with E-state index >= 15 is 0 Å². The number of benzene rings is 1. The Labute approximate surface area is 101 Å². The molecule has 0 unspecified atom stereocenters. The Morgan fingerprint density at radius 3 is 2.27 bits per heavy atom. The van der Waals surface area contributed by atoms with Gasteiger partial charge in [-0.15, -0.1) is 0 Å². The number of nitrogens with two attached hydrogens (primary N) is 1. The molecule has 3 heteroatoms. The normalized spacial score (nSPS) is 22.2. The molecular formula is C12H15Cl2N. The van der Waals surface area contributed by atoms with Gasteiger partial charge >= 0.3 is 0 Å². The van der Waals surface area contributed by atoms with Gasteiger partial charge in [0.05, 0.1) is 0 Å². The Bertz CT molecular complexity index is 391. The molecule has 1 fully saturated rings. The summed E-state index contributed by atoms with van der Waals surface area (Å²) in [5, 5.41) is 1.34. The first kappa shape index (κ1) is 11.3. The zero-order valence-corrected chi connectivity index (χ0v) is 10.5. The van der Waals surface area contributed by atoms with Gasteiger partial charge in [0.1, 0.15) is 0 Å². The van der Waals surface area contributed by atoms with Crippen LogP contribution in [0.5, 0.6) is 0 Å². The first-order valence-corrected chi connectivity index (χ1v) is 5.82. The second kappa shape index (κ2) is 3.38. The second-order valence-electron chi connectivity index (χ2n) is 5.30. The highest BCUT2D eigenvalue weighted by Gasteiger charge is 2.48. The Balaban J connectivity index is 2.32. The smallest absolute Gasteiger partial charge is 0.0471 e. The molecule has 0 aliphatic heterocycles. The van der Waals surface area contributed by atoms with Crippen LogP contribution in [0, 0.1) is 5.41 Å². The molecule has 1 aromatic rings. The Morgan fingerprint density at radius 1 is 1.20 bits per heavy atom. The number of rotatable bonds is 1.